The summed E-state index contributed by atoms with van der Waals surface area (Å²) in [5.74, 6) is 0.746. The topological polar surface area (TPSA) is 21.3 Å². The molecule has 21 heavy (non-hydrogen) atoms. The van der Waals surface area contributed by atoms with Gasteiger partial charge in [-0.25, -0.2) is 0 Å². The van der Waals surface area contributed by atoms with Crippen LogP contribution in [0.5, 0.6) is 5.75 Å². The Morgan fingerprint density at radius 1 is 1.33 bits per heavy atom. The van der Waals surface area contributed by atoms with Crippen LogP contribution in [0, 0.1) is 0 Å². The van der Waals surface area contributed by atoms with E-state index in [1.54, 1.807) is 7.11 Å². The van der Waals surface area contributed by atoms with Crippen LogP contribution in [-0.2, 0) is 6.42 Å². The highest BCUT2D eigenvalue weighted by atomic mass is 35.5. The zero-order valence-electron chi connectivity index (χ0n) is 12.6. The van der Waals surface area contributed by atoms with E-state index in [1.165, 1.54) is 16.9 Å². The Morgan fingerprint density at radius 3 is 2.86 bits per heavy atom. The van der Waals surface area contributed by atoms with Gasteiger partial charge in [0.2, 0.25) is 0 Å². The minimum atomic E-state index is 0.348. The molecule has 0 bridgehead atoms. The fourth-order valence-electron chi connectivity index (χ4n) is 2.46. The summed E-state index contributed by atoms with van der Waals surface area (Å²) in [7, 11) is 1.66. The summed E-state index contributed by atoms with van der Waals surface area (Å²) in [6.45, 7) is 3.09. The van der Waals surface area contributed by atoms with Gasteiger partial charge in [-0.2, -0.15) is 0 Å². The molecule has 2 aromatic rings. The van der Waals surface area contributed by atoms with Gasteiger partial charge in [0.1, 0.15) is 5.75 Å². The van der Waals surface area contributed by atoms with Gasteiger partial charge >= 0.3 is 0 Å². The Hall–Kier alpha value is -1.03. The van der Waals surface area contributed by atoms with Crippen molar-refractivity contribution in [2.45, 2.75) is 32.2 Å². The molecular formula is C17H22ClNOS. The molecule has 114 valence electrons. The lowest BCUT2D eigenvalue weighted by Crippen LogP contribution is -2.21. The Bertz CT molecular complexity index is 542. The second kappa shape index (κ2) is 8.42. The molecule has 1 heterocycles. The number of thiophene rings is 1. The molecule has 1 N–H and O–H groups in total. The highest BCUT2D eigenvalue weighted by molar-refractivity contribution is 7.09. The number of hydrogen-bond acceptors (Lipinski definition) is 3. The molecule has 0 radical (unpaired) electrons. The fraction of sp³-hybridized carbons (Fsp3) is 0.412. The molecule has 0 spiro atoms. The summed E-state index contributed by atoms with van der Waals surface area (Å²) in [6.07, 6.45) is 3.42. The molecule has 1 aromatic carbocycles. The fourth-order valence-corrected chi connectivity index (χ4v) is 3.41. The van der Waals surface area contributed by atoms with Crippen molar-refractivity contribution in [1.82, 2.24) is 5.32 Å². The van der Waals surface area contributed by atoms with Crippen molar-refractivity contribution in [3.05, 3.63) is 51.2 Å². The third-order valence-corrected chi connectivity index (χ3v) is 4.77. The predicted molar refractivity (Wildman–Crippen MR) is 91.7 cm³/mol. The quantitative estimate of drug-likeness (QED) is 0.731. The van der Waals surface area contributed by atoms with Crippen molar-refractivity contribution >= 4 is 22.9 Å². The Labute approximate surface area is 136 Å². The zero-order valence-corrected chi connectivity index (χ0v) is 14.1. The van der Waals surface area contributed by atoms with E-state index in [9.17, 15) is 0 Å². The average molecular weight is 324 g/mol. The van der Waals surface area contributed by atoms with Gasteiger partial charge in [-0.1, -0.05) is 30.7 Å². The van der Waals surface area contributed by atoms with E-state index in [1.807, 2.05) is 23.5 Å². The number of halogens is 1. The van der Waals surface area contributed by atoms with Crippen molar-refractivity contribution in [3.63, 3.8) is 0 Å². The second-order valence-electron chi connectivity index (χ2n) is 4.98. The number of hydrogen-bond donors (Lipinski definition) is 1. The molecule has 2 rings (SSSR count). The third-order valence-electron chi connectivity index (χ3n) is 3.52. The van der Waals surface area contributed by atoms with Crippen LogP contribution in [0.3, 0.4) is 0 Å². The molecular weight excluding hydrogens is 302 g/mol. The molecule has 1 atom stereocenters. The van der Waals surface area contributed by atoms with Gasteiger partial charge in [0, 0.05) is 10.9 Å². The zero-order chi connectivity index (χ0) is 15.1. The predicted octanol–water partition coefficient (Wildman–Crippen LogP) is 5.08. The number of nitrogens with one attached hydrogen (secondary N) is 1. The van der Waals surface area contributed by atoms with E-state index in [0.717, 1.165) is 25.1 Å². The van der Waals surface area contributed by atoms with Crippen molar-refractivity contribution in [2.24, 2.45) is 0 Å². The first-order valence-corrected chi connectivity index (χ1v) is 8.59. The first-order chi connectivity index (χ1) is 10.2. The summed E-state index contributed by atoms with van der Waals surface area (Å²) >= 11 is 7.94. The van der Waals surface area contributed by atoms with Gasteiger partial charge in [-0.15, -0.1) is 11.3 Å². The van der Waals surface area contributed by atoms with Crippen LogP contribution < -0.4 is 10.1 Å². The second-order valence-corrected chi connectivity index (χ2v) is 6.42. The van der Waals surface area contributed by atoms with Crippen molar-refractivity contribution < 1.29 is 4.74 Å². The maximum absolute atomic E-state index is 6.11. The van der Waals surface area contributed by atoms with E-state index < -0.39 is 0 Å². The number of benzene rings is 1. The monoisotopic (exact) mass is 323 g/mol. The molecule has 4 heteroatoms. The largest absolute Gasteiger partial charge is 0.495 e. The Kier molecular flexibility index (Phi) is 6.55. The summed E-state index contributed by atoms with van der Waals surface area (Å²) in [5, 5.41) is 6.36. The van der Waals surface area contributed by atoms with Gasteiger partial charge < -0.3 is 10.1 Å². The van der Waals surface area contributed by atoms with E-state index in [-0.39, 0.29) is 0 Å². The molecule has 2 nitrogen and oxygen atoms in total. The molecule has 0 amide bonds. The molecule has 0 aliphatic heterocycles. The van der Waals surface area contributed by atoms with Crippen molar-refractivity contribution in [3.8, 4) is 5.75 Å². The Morgan fingerprint density at radius 2 is 2.19 bits per heavy atom. The molecule has 0 fully saturated rings. The maximum Gasteiger partial charge on any atom is 0.137 e. The van der Waals surface area contributed by atoms with Gasteiger partial charge in [0.25, 0.3) is 0 Å². The maximum atomic E-state index is 6.11. The third kappa shape index (κ3) is 4.73. The molecule has 1 aromatic heterocycles. The first-order valence-electron chi connectivity index (χ1n) is 7.33. The van der Waals surface area contributed by atoms with Crippen LogP contribution in [0.1, 0.15) is 36.2 Å². The van der Waals surface area contributed by atoms with E-state index in [4.69, 9.17) is 16.3 Å². The van der Waals surface area contributed by atoms with Crippen LogP contribution in [0.4, 0.5) is 0 Å². The van der Waals surface area contributed by atoms with Crippen molar-refractivity contribution in [1.29, 1.82) is 0 Å². The molecule has 0 aliphatic carbocycles. The summed E-state index contributed by atoms with van der Waals surface area (Å²) in [4.78, 5) is 1.46. The van der Waals surface area contributed by atoms with Crippen LogP contribution in [-0.4, -0.2) is 13.7 Å². The van der Waals surface area contributed by atoms with E-state index >= 15 is 0 Å². The average Bonchev–Trinajstić information content (AvgIpc) is 3.00. The minimum Gasteiger partial charge on any atom is -0.495 e. The summed E-state index contributed by atoms with van der Waals surface area (Å²) in [6, 6.07) is 10.7. The standard InChI is InChI=1S/C17H22ClNOS/c1-3-19-16(8-4-6-14-7-5-11-21-14)13-9-10-15(18)17(12-13)20-2/h5,7,9-12,16,19H,3-4,6,8H2,1-2H3. The minimum absolute atomic E-state index is 0.348. The van der Waals surface area contributed by atoms with Gasteiger partial charge in [-0.05, 0) is 54.9 Å². The van der Waals surface area contributed by atoms with Crippen molar-refractivity contribution in [2.75, 3.05) is 13.7 Å². The molecule has 0 aliphatic rings. The lowest BCUT2D eigenvalue weighted by Gasteiger charge is -2.19. The van der Waals surface area contributed by atoms with Crippen LogP contribution in [0.2, 0.25) is 5.02 Å². The number of methoxy groups -OCH3 is 1. The van der Waals surface area contributed by atoms with Crippen LogP contribution >= 0.6 is 22.9 Å². The lowest BCUT2D eigenvalue weighted by atomic mass is 10.0. The molecule has 1 unspecified atom stereocenters. The Balaban J connectivity index is 2.00. The lowest BCUT2D eigenvalue weighted by molar-refractivity contribution is 0.412. The van der Waals surface area contributed by atoms with Gasteiger partial charge in [0.15, 0.2) is 0 Å². The summed E-state index contributed by atoms with van der Waals surface area (Å²) in [5.41, 5.74) is 1.24. The van der Waals surface area contributed by atoms with E-state index in [2.05, 4.69) is 35.8 Å². The number of aryl methyl sites for hydroxylation is 1. The van der Waals surface area contributed by atoms with Gasteiger partial charge in [0.05, 0.1) is 12.1 Å². The van der Waals surface area contributed by atoms with Gasteiger partial charge in [-0.3, -0.25) is 0 Å². The van der Waals surface area contributed by atoms with Crippen LogP contribution in [0.25, 0.3) is 0 Å². The first kappa shape index (κ1) is 16.3. The number of ether oxygens (including phenoxy) is 1. The molecule has 0 saturated carbocycles. The summed E-state index contributed by atoms with van der Waals surface area (Å²) < 4.78 is 5.32. The van der Waals surface area contributed by atoms with Crippen LogP contribution in [0.15, 0.2) is 35.7 Å². The number of rotatable bonds is 8. The normalized spacial score (nSPS) is 12.3. The SMILES string of the molecule is CCNC(CCCc1cccs1)c1ccc(Cl)c(OC)c1. The highest BCUT2D eigenvalue weighted by Crippen LogP contribution is 2.29. The van der Waals surface area contributed by atoms with E-state index in [0.29, 0.717) is 11.1 Å². The smallest absolute Gasteiger partial charge is 0.137 e. The highest BCUT2D eigenvalue weighted by Gasteiger charge is 2.12. The molecule has 0 saturated heterocycles.